The molecule has 0 aliphatic carbocycles. The molecule has 0 spiro atoms. The third-order valence-corrected chi connectivity index (χ3v) is 4.25. The maximum absolute atomic E-state index is 13.2. The van der Waals surface area contributed by atoms with Crippen molar-refractivity contribution in [1.29, 1.82) is 0 Å². The first-order valence-electron chi connectivity index (χ1n) is 7.44. The van der Waals surface area contributed by atoms with Gasteiger partial charge in [-0.3, -0.25) is 0 Å². The van der Waals surface area contributed by atoms with Crippen LogP contribution in [0.4, 0.5) is 4.39 Å². The highest BCUT2D eigenvalue weighted by Gasteiger charge is 2.32. The van der Waals surface area contributed by atoms with E-state index in [1.54, 1.807) is 0 Å². The summed E-state index contributed by atoms with van der Waals surface area (Å²) in [6.45, 7) is 4.27. The first kappa shape index (κ1) is 13.9. The zero-order valence-electron chi connectivity index (χ0n) is 12.4. The zero-order chi connectivity index (χ0) is 14.9. The van der Waals surface area contributed by atoms with Crippen molar-refractivity contribution in [3.8, 4) is 5.75 Å². The van der Waals surface area contributed by atoms with Crippen LogP contribution in [-0.4, -0.2) is 5.60 Å². The van der Waals surface area contributed by atoms with Crippen LogP contribution in [0, 0.1) is 5.82 Å². The van der Waals surface area contributed by atoms with E-state index in [0.29, 0.717) is 0 Å². The minimum Gasteiger partial charge on any atom is -0.483 e. The van der Waals surface area contributed by atoms with Crippen LogP contribution >= 0.6 is 0 Å². The van der Waals surface area contributed by atoms with Crippen LogP contribution in [0.1, 0.15) is 37.8 Å². The third kappa shape index (κ3) is 2.46. The maximum atomic E-state index is 13.2. The molecule has 0 fully saturated rings. The predicted molar refractivity (Wildman–Crippen MR) is 83.9 cm³/mol. The second kappa shape index (κ2) is 5.36. The van der Waals surface area contributed by atoms with Crippen LogP contribution in [0.3, 0.4) is 0 Å². The number of fused-ring (bicyclic) bond motifs is 1. The molecule has 3 rings (SSSR count). The molecular weight excluding hydrogens is 263 g/mol. The summed E-state index contributed by atoms with van der Waals surface area (Å²) in [4.78, 5) is 0. The fourth-order valence-electron chi connectivity index (χ4n) is 2.83. The Morgan fingerprint density at radius 3 is 2.29 bits per heavy atom. The molecule has 1 nitrogen and oxygen atoms in total. The molecule has 0 aromatic heterocycles. The molecule has 2 aromatic carbocycles. The normalized spacial score (nSPS) is 15.9. The quantitative estimate of drug-likeness (QED) is 0.751. The van der Waals surface area contributed by atoms with Crippen molar-refractivity contribution < 1.29 is 9.13 Å². The average Bonchev–Trinajstić information content (AvgIpc) is 2.54. The van der Waals surface area contributed by atoms with Crippen molar-refractivity contribution in [2.45, 2.75) is 32.3 Å². The Hall–Kier alpha value is -2.09. The van der Waals surface area contributed by atoms with Crippen LogP contribution in [0.5, 0.6) is 5.75 Å². The van der Waals surface area contributed by atoms with E-state index < -0.39 is 0 Å². The van der Waals surface area contributed by atoms with E-state index in [2.05, 4.69) is 26.0 Å². The van der Waals surface area contributed by atoms with Gasteiger partial charge in [0.2, 0.25) is 0 Å². The Morgan fingerprint density at radius 2 is 1.62 bits per heavy atom. The van der Waals surface area contributed by atoms with E-state index in [9.17, 15) is 4.39 Å². The van der Waals surface area contributed by atoms with Crippen LogP contribution < -0.4 is 4.74 Å². The van der Waals surface area contributed by atoms with E-state index in [4.69, 9.17) is 4.74 Å². The SMILES string of the molecule is CCC1(CC)C=C(c2ccc(F)cc2)c2ccccc2O1. The van der Waals surface area contributed by atoms with Gasteiger partial charge in [0.05, 0.1) is 0 Å². The minimum atomic E-state index is -0.280. The first-order valence-corrected chi connectivity index (χ1v) is 7.44. The zero-order valence-corrected chi connectivity index (χ0v) is 12.4. The molecule has 0 saturated heterocycles. The highest BCUT2D eigenvalue weighted by Crippen LogP contribution is 2.41. The first-order chi connectivity index (χ1) is 10.2. The minimum absolute atomic E-state index is 0.211. The molecular formula is C19H19FO. The Bertz CT molecular complexity index is 666. The fourth-order valence-corrected chi connectivity index (χ4v) is 2.83. The van der Waals surface area contributed by atoms with Crippen LogP contribution in [0.2, 0.25) is 0 Å². The number of ether oxygens (including phenoxy) is 1. The molecule has 0 radical (unpaired) electrons. The van der Waals surface area contributed by atoms with Gasteiger partial charge in [-0.25, -0.2) is 4.39 Å². The lowest BCUT2D eigenvalue weighted by atomic mass is 9.85. The highest BCUT2D eigenvalue weighted by atomic mass is 19.1. The van der Waals surface area contributed by atoms with Crippen molar-refractivity contribution in [2.24, 2.45) is 0 Å². The van der Waals surface area contributed by atoms with E-state index in [1.807, 2.05) is 30.3 Å². The van der Waals surface area contributed by atoms with E-state index in [0.717, 1.165) is 35.3 Å². The second-order valence-electron chi connectivity index (χ2n) is 5.44. The summed E-state index contributed by atoms with van der Waals surface area (Å²) < 4.78 is 19.4. The molecule has 1 aliphatic heterocycles. The average molecular weight is 282 g/mol. The molecule has 0 bridgehead atoms. The van der Waals surface area contributed by atoms with Gasteiger partial charge in [-0.15, -0.1) is 0 Å². The van der Waals surface area contributed by atoms with Gasteiger partial charge in [-0.1, -0.05) is 44.2 Å². The summed E-state index contributed by atoms with van der Waals surface area (Å²) in [6, 6.07) is 14.7. The number of para-hydroxylation sites is 1. The molecule has 2 aromatic rings. The van der Waals surface area contributed by atoms with Gasteiger partial charge in [-0.2, -0.15) is 0 Å². The smallest absolute Gasteiger partial charge is 0.128 e. The third-order valence-electron chi connectivity index (χ3n) is 4.25. The summed E-state index contributed by atoms with van der Waals surface area (Å²) in [6.07, 6.45) is 4.01. The molecule has 1 aliphatic rings. The summed E-state index contributed by atoms with van der Waals surface area (Å²) in [5.74, 6) is 0.694. The van der Waals surface area contributed by atoms with Gasteiger partial charge in [0.15, 0.2) is 0 Å². The lowest BCUT2D eigenvalue weighted by Gasteiger charge is -2.36. The van der Waals surface area contributed by atoms with Gasteiger partial charge in [-0.05, 0) is 48.3 Å². The topological polar surface area (TPSA) is 9.23 Å². The van der Waals surface area contributed by atoms with E-state index in [1.165, 1.54) is 12.1 Å². The largest absolute Gasteiger partial charge is 0.483 e. The van der Waals surface area contributed by atoms with Crippen molar-refractivity contribution in [3.05, 3.63) is 71.6 Å². The second-order valence-corrected chi connectivity index (χ2v) is 5.44. The summed E-state index contributed by atoms with van der Waals surface area (Å²) in [7, 11) is 0. The van der Waals surface area contributed by atoms with E-state index >= 15 is 0 Å². The molecule has 1 heterocycles. The van der Waals surface area contributed by atoms with Gasteiger partial charge in [0, 0.05) is 5.56 Å². The Balaban J connectivity index is 2.17. The summed E-state index contributed by atoms with van der Waals surface area (Å²) in [5, 5.41) is 0. The number of benzene rings is 2. The predicted octanol–water partition coefficient (Wildman–Crippen LogP) is 5.21. The standard InChI is InChI=1S/C19H19FO/c1-3-19(4-2)13-17(14-9-11-15(20)12-10-14)16-7-5-6-8-18(16)21-19/h5-13H,3-4H2,1-2H3. The Kier molecular flexibility index (Phi) is 3.54. The number of rotatable bonds is 3. The Morgan fingerprint density at radius 1 is 0.952 bits per heavy atom. The number of hydrogen-bond acceptors (Lipinski definition) is 1. The van der Waals surface area contributed by atoms with Crippen molar-refractivity contribution in [3.63, 3.8) is 0 Å². The van der Waals surface area contributed by atoms with Crippen LogP contribution in [0.15, 0.2) is 54.6 Å². The molecule has 2 heteroatoms. The molecule has 0 amide bonds. The maximum Gasteiger partial charge on any atom is 0.128 e. The Labute approximate surface area is 125 Å². The van der Waals surface area contributed by atoms with Crippen molar-refractivity contribution in [1.82, 2.24) is 0 Å². The van der Waals surface area contributed by atoms with E-state index in [-0.39, 0.29) is 11.4 Å². The monoisotopic (exact) mass is 282 g/mol. The number of hydrogen-bond donors (Lipinski definition) is 0. The molecule has 0 saturated carbocycles. The molecule has 0 atom stereocenters. The molecule has 0 N–H and O–H groups in total. The number of halogens is 1. The van der Waals surface area contributed by atoms with Crippen molar-refractivity contribution >= 4 is 5.57 Å². The van der Waals surface area contributed by atoms with Gasteiger partial charge < -0.3 is 4.74 Å². The van der Waals surface area contributed by atoms with Crippen molar-refractivity contribution in [2.75, 3.05) is 0 Å². The van der Waals surface area contributed by atoms with Gasteiger partial charge in [0.25, 0.3) is 0 Å². The molecule has 0 unspecified atom stereocenters. The highest BCUT2D eigenvalue weighted by molar-refractivity contribution is 5.84. The lowest BCUT2D eigenvalue weighted by molar-refractivity contribution is 0.108. The molecule has 21 heavy (non-hydrogen) atoms. The van der Waals surface area contributed by atoms with Crippen LogP contribution in [0.25, 0.3) is 5.57 Å². The lowest BCUT2D eigenvalue weighted by Crippen LogP contribution is -2.35. The van der Waals surface area contributed by atoms with Crippen LogP contribution in [-0.2, 0) is 0 Å². The van der Waals surface area contributed by atoms with Gasteiger partial charge >= 0.3 is 0 Å². The molecule has 108 valence electrons. The summed E-state index contributed by atoms with van der Waals surface area (Å²) in [5.41, 5.74) is 2.94. The summed E-state index contributed by atoms with van der Waals surface area (Å²) >= 11 is 0. The fraction of sp³-hybridized carbons (Fsp3) is 0.263. The van der Waals surface area contributed by atoms with Gasteiger partial charge in [0.1, 0.15) is 17.2 Å².